The lowest BCUT2D eigenvalue weighted by Gasteiger charge is -2.47. The number of ether oxygens (including phenoxy) is 4. The summed E-state index contributed by atoms with van der Waals surface area (Å²) in [7, 11) is 1.64. The van der Waals surface area contributed by atoms with E-state index in [0.717, 1.165) is 30.4 Å². The third kappa shape index (κ3) is 8.00. The second-order valence-corrected chi connectivity index (χ2v) is 14.2. The van der Waals surface area contributed by atoms with Crippen molar-refractivity contribution in [2.75, 3.05) is 13.7 Å². The molecule has 2 aliphatic carbocycles. The van der Waals surface area contributed by atoms with Gasteiger partial charge in [0.25, 0.3) is 0 Å². The monoisotopic (exact) mass is 722 g/mol. The van der Waals surface area contributed by atoms with Gasteiger partial charge >= 0.3 is 5.97 Å². The first-order valence-electron chi connectivity index (χ1n) is 18.2. The quantitative estimate of drug-likeness (QED) is 0.0570. The number of carbonyl (C=O) groups is 1. The molecule has 2 fully saturated rings. The predicted octanol–water partition coefficient (Wildman–Crippen LogP) is 4.71. The fraction of sp³-hybridized carbons (Fsp3) is 0.439. The topological polar surface area (TPSA) is 178 Å². The van der Waals surface area contributed by atoms with Crippen molar-refractivity contribution in [1.29, 1.82) is 0 Å². The first kappa shape index (κ1) is 36.0. The van der Waals surface area contributed by atoms with Gasteiger partial charge in [0, 0.05) is 63.0 Å². The Morgan fingerprint density at radius 1 is 1.11 bits per heavy atom. The number of fused-ring (bicyclic) bond motifs is 6. The van der Waals surface area contributed by atoms with Gasteiger partial charge < -0.3 is 45.3 Å². The van der Waals surface area contributed by atoms with Crippen LogP contribution in [0.25, 0.3) is 0 Å². The molecule has 278 valence electrons. The van der Waals surface area contributed by atoms with Gasteiger partial charge in [0.15, 0.2) is 29.0 Å². The number of carbonyl (C=O) groups excluding carboxylic acids is 1. The Hall–Kier alpha value is -5.41. The van der Waals surface area contributed by atoms with Crippen LogP contribution >= 0.6 is 0 Å². The molecule has 9 unspecified atom stereocenters. The third-order valence-corrected chi connectivity index (χ3v) is 10.7. The number of nitrogens with zero attached hydrogens (tertiary/aromatic N) is 2. The minimum absolute atomic E-state index is 0.0527. The van der Waals surface area contributed by atoms with Gasteiger partial charge in [0.1, 0.15) is 12.2 Å². The molecule has 2 aromatic carbocycles. The van der Waals surface area contributed by atoms with Gasteiger partial charge in [-0.3, -0.25) is 14.8 Å². The lowest BCUT2D eigenvalue weighted by molar-refractivity contribution is -0.179. The van der Waals surface area contributed by atoms with Crippen molar-refractivity contribution >= 4 is 11.9 Å². The summed E-state index contributed by atoms with van der Waals surface area (Å²) >= 11 is 0. The van der Waals surface area contributed by atoms with Crippen LogP contribution in [0, 0.1) is 35.5 Å². The number of nitrogens with one attached hydrogen (secondary N) is 1. The van der Waals surface area contributed by atoms with E-state index in [1.54, 1.807) is 31.6 Å². The number of aromatic nitrogens is 1. The number of esters is 1. The molecule has 4 aliphatic rings. The first-order valence-corrected chi connectivity index (χ1v) is 18.2. The SMILES string of the molecule is CN=C(N)NC1CCCC2Oc3cc(ccc3O)CC3C(C#CC12)C=CC1C(OC(C)=O)CC(c2cc(O)c(O)c(OCCc4cccnc4)c2)OC13. The second kappa shape index (κ2) is 15.7. The van der Waals surface area contributed by atoms with Crippen LogP contribution in [0.3, 0.4) is 0 Å². The maximum absolute atomic E-state index is 12.5. The fourth-order valence-electron chi connectivity index (χ4n) is 8.12. The van der Waals surface area contributed by atoms with Crippen LogP contribution in [0.1, 0.15) is 55.4 Å². The van der Waals surface area contributed by atoms with E-state index in [-0.39, 0.29) is 65.4 Å². The molecule has 1 saturated heterocycles. The number of hydrogen-bond acceptors (Lipinski definition) is 10. The molecular weight excluding hydrogens is 676 g/mol. The minimum Gasteiger partial charge on any atom is -0.504 e. The minimum atomic E-state index is -0.614. The molecule has 53 heavy (non-hydrogen) atoms. The number of guanidine groups is 1. The van der Waals surface area contributed by atoms with Crippen LogP contribution in [-0.2, 0) is 27.1 Å². The highest BCUT2D eigenvalue weighted by Gasteiger charge is 2.47. The van der Waals surface area contributed by atoms with Crippen molar-refractivity contribution in [2.24, 2.45) is 34.4 Å². The van der Waals surface area contributed by atoms with Crippen molar-refractivity contribution < 1.29 is 39.1 Å². The zero-order valence-corrected chi connectivity index (χ0v) is 29.9. The molecule has 0 radical (unpaired) electrons. The van der Waals surface area contributed by atoms with Gasteiger partial charge in [0.2, 0.25) is 5.75 Å². The standard InChI is InChI=1S/C41H46N4O8/c1-23(46)51-36-21-35(27-19-33(48)39(49)38(20-27)50-16-14-24-5-4-15-44-22-24)53-40-29(36)12-10-26-9-11-28-31(45-41(42)43-2)6-3-7-34(28)52-37-18-25(17-30(26)40)8-13-32(37)47/h4-5,8,10,12-13,15,18-20,22,26,28-31,34-36,40,47-49H,3,6-7,14,16-17,21H2,1-2H3,(H3,42,43,45). The van der Waals surface area contributed by atoms with E-state index < -0.39 is 24.3 Å². The zero-order chi connectivity index (χ0) is 37.1. The Morgan fingerprint density at radius 3 is 2.77 bits per heavy atom. The van der Waals surface area contributed by atoms with Crippen molar-refractivity contribution in [1.82, 2.24) is 10.3 Å². The van der Waals surface area contributed by atoms with Crippen molar-refractivity contribution in [2.45, 2.75) is 75.9 Å². The molecule has 9 atom stereocenters. The average molecular weight is 723 g/mol. The van der Waals surface area contributed by atoms with Gasteiger partial charge in [-0.05, 0) is 72.7 Å². The number of allylic oxidation sites excluding steroid dienone is 1. The summed E-state index contributed by atoms with van der Waals surface area (Å²) in [5, 5.41) is 35.8. The summed E-state index contributed by atoms with van der Waals surface area (Å²) in [5.41, 5.74) is 8.61. The molecule has 2 bridgehead atoms. The maximum Gasteiger partial charge on any atom is 0.302 e. The predicted molar refractivity (Wildman–Crippen MR) is 196 cm³/mol. The van der Waals surface area contributed by atoms with Gasteiger partial charge in [-0.1, -0.05) is 36.1 Å². The normalized spacial score (nSPS) is 29.0. The molecule has 7 rings (SSSR count). The number of benzene rings is 2. The Morgan fingerprint density at radius 2 is 1.98 bits per heavy atom. The van der Waals surface area contributed by atoms with Crippen molar-refractivity contribution in [3.8, 4) is 40.6 Å². The molecule has 0 spiro atoms. The van der Waals surface area contributed by atoms with E-state index in [2.05, 4.69) is 39.3 Å². The number of phenolic OH excluding ortho intramolecular Hbond substituents is 3. The molecule has 12 heteroatoms. The number of pyridine rings is 1. The van der Waals surface area contributed by atoms with Crippen LogP contribution in [0.4, 0.5) is 0 Å². The van der Waals surface area contributed by atoms with Crippen molar-refractivity contribution in [3.05, 3.63) is 83.7 Å². The summed E-state index contributed by atoms with van der Waals surface area (Å²) in [6, 6.07) is 12.2. The summed E-state index contributed by atoms with van der Waals surface area (Å²) in [4.78, 5) is 20.7. The fourth-order valence-corrected chi connectivity index (χ4v) is 8.12. The van der Waals surface area contributed by atoms with E-state index in [9.17, 15) is 20.1 Å². The van der Waals surface area contributed by atoms with Gasteiger partial charge in [-0.15, -0.1) is 0 Å². The second-order valence-electron chi connectivity index (χ2n) is 14.2. The van der Waals surface area contributed by atoms with Crippen LogP contribution < -0.4 is 20.5 Å². The molecule has 1 saturated carbocycles. The van der Waals surface area contributed by atoms with Crippen LogP contribution in [0.15, 0.2) is 72.0 Å². The molecule has 1 aromatic heterocycles. The van der Waals surface area contributed by atoms with Crippen LogP contribution in [0.2, 0.25) is 0 Å². The van der Waals surface area contributed by atoms with Crippen LogP contribution in [0.5, 0.6) is 28.7 Å². The van der Waals surface area contributed by atoms with Crippen LogP contribution in [-0.4, -0.2) is 70.2 Å². The van der Waals surface area contributed by atoms with Gasteiger partial charge in [-0.2, -0.15) is 0 Å². The van der Waals surface area contributed by atoms with E-state index in [1.807, 2.05) is 24.3 Å². The first-order chi connectivity index (χ1) is 25.7. The number of aliphatic imine (C=N–C) groups is 1. The highest BCUT2D eigenvalue weighted by molar-refractivity contribution is 5.78. The number of nitrogens with two attached hydrogens (primary N) is 1. The molecule has 3 heterocycles. The lowest BCUT2D eigenvalue weighted by Crippen LogP contribution is -2.51. The smallest absolute Gasteiger partial charge is 0.302 e. The van der Waals surface area contributed by atoms with Crippen molar-refractivity contribution in [3.63, 3.8) is 0 Å². The number of rotatable bonds is 7. The maximum atomic E-state index is 12.5. The van der Waals surface area contributed by atoms with E-state index >= 15 is 0 Å². The number of hydrogen-bond donors (Lipinski definition) is 5. The Kier molecular flexibility index (Phi) is 10.6. The summed E-state index contributed by atoms with van der Waals surface area (Å²) in [6.07, 6.45) is 9.62. The van der Waals surface area contributed by atoms with Gasteiger partial charge in [-0.25, -0.2) is 0 Å². The molecule has 2 aliphatic heterocycles. The Bertz CT molecular complexity index is 1920. The molecule has 3 aromatic rings. The van der Waals surface area contributed by atoms with Gasteiger partial charge in [0.05, 0.1) is 24.7 Å². The molecule has 0 amide bonds. The Labute approximate surface area is 309 Å². The van der Waals surface area contributed by atoms with E-state index in [0.29, 0.717) is 36.5 Å². The molecular formula is C41H46N4O8. The summed E-state index contributed by atoms with van der Waals surface area (Å²) < 4.78 is 25.4. The number of phenols is 3. The molecule has 12 nitrogen and oxygen atoms in total. The highest BCUT2D eigenvalue weighted by atomic mass is 16.6. The van der Waals surface area contributed by atoms with E-state index in [4.69, 9.17) is 24.7 Å². The Balaban J connectivity index is 1.23. The summed E-state index contributed by atoms with van der Waals surface area (Å²) in [6.45, 7) is 1.64. The zero-order valence-electron chi connectivity index (χ0n) is 29.9. The molecule has 6 N–H and O–H groups in total. The number of aromatic hydroxyl groups is 3. The third-order valence-electron chi connectivity index (χ3n) is 10.7. The average Bonchev–Trinajstić information content (AvgIpc) is 3.17. The largest absolute Gasteiger partial charge is 0.504 e. The van der Waals surface area contributed by atoms with E-state index in [1.165, 1.54) is 13.0 Å². The highest BCUT2D eigenvalue weighted by Crippen LogP contribution is 2.48. The summed E-state index contributed by atoms with van der Waals surface area (Å²) in [5.74, 6) is 5.99. The lowest BCUT2D eigenvalue weighted by atomic mass is 9.69.